The van der Waals surface area contributed by atoms with Crippen LogP contribution in [0.5, 0.6) is 0 Å². The van der Waals surface area contributed by atoms with Crippen LogP contribution in [0, 0.1) is 13.8 Å². The lowest BCUT2D eigenvalue weighted by molar-refractivity contribution is 1.05. The Hall–Kier alpha value is -6.52. The second-order valence-corrected chi connectivity index (χ2v) is 12.4. The molecule has 238 valence electrons. The molecule has 0 saturated carbocycles. The fraction of sp³-hybridized carbons (Fsp3) is 0.0435. The highest BCUT2D eigenvalue weighted by Gasteiger charge is 2.18. The topological polar surface area (TPSA) is 51.6 Å². The molecule has 0 saturated heterocycles. The van der Waals surface area contributed by atoms with E-state index in [1.54, 1.807) is 0 Å². The summed E-state index contributed by atoms with van der Waals surface area (Å²) in [6.45, 7) is 3.99. The van der Waals surface area contributed by atoms with Crippen LogP contribution in [-0.4, -0.2) is 19.9 Å². The van der Waals surface area contributed by atoms with Crippen molar-refractivity contribution in [3.63, 3.8) is 0 Å². The van der Waals surface area contributed by atoms with Crippen LogP contribution >= 0.6 is 0 Å². The predicted octanol–water partition coefficient (Wildman–Crippen LogP) is 11.6. The van der Waals surface area contributed by atoms with Crippen molar-refractivity contribution < 1.29 is 0 Å². The van der Waals surface area contributed by atoms with E-state index in [2.05, 4.69) is 132 Å². The molecule has 0 aliphatic heterocycles. The zero-order chi connectivity index (χ0) is 33.9. The van der Waals surface area contributed by atoms with Crippen molar-refractivity contribution in [3.05, 3.63) is 181 Å². The summed E-state index contributed by atoms with van der Waals surface area (Å²) in [6, 6.07) is 59.3. The molecule has 4 heteroatoms. The Kier molecular flexibility index (Phi) is 8.34. The number of rotatable bonds is 7. The largest absolute Gasteiger partial charge is 0.258 e. The Balaban J connectivity index is 1.27. The number of benzene rings is 6. The van der Waals surface area contributed by atoms with Crippen LogP contribution in [-0.2, 0) is 0 Å². The molecule has 0 unspecified atom stereocenters. The minimum absolute atomic E-state index is 0.611. The van der Waals surface area contributed by atoms with Gasteiger partial charge in [-0.25, -0.2) is 15.0 Å². The molecule has 50 heavy (non-hydrogen) atoms. The van der Waals surface area contributed by atoms with Crippen LogP contribution in [0.25, 0.3) is 78.7 Å². The van der Waals surface area contributed by atoms with Crippen molar-refractivity contribution in [1.29, 1.82) is 0 Å². The number of aromatic nitrogens is 4. The minimum atomic E-state index is 0.611. The van der Waals surface area contributed by atoms with Gasteiger partial charge in [-0.15, -0.1) is 0 Å². The van der Waals surface area contributed by atoms with E-state index in [0.717, 1.165) is 39.2 Å². The van der Waals surface area contributed by atoms with Crippen molar-refractivity contribution in [2.45, 2.75) is 13.8 Å². The van der Waals surface area contributed by atoms with Gasteiger partial charge in [0.1, 0.15) is 0 Å². The first-order chi connectivity index (χ1) is 24.6. The summed E-state index contributed by atoms with van der Waals surface area (Å²) >= 11 is 0. The molecule has 6 aromatic carbocycles. The van der Waals surface area contributed by atoms with Crippen molar-refractivity contribution in [2.75, 3.05) is 0 Å². The summed E-state index contributed by atoms with van der Waals surface area (Å²) in [5.74, 6) is 1.86. The van der Waals surface area contributed by atoms with E-state index < -0.39 is 0 Å². The zero-order valence-electron chi connectivity index (χ0n) is 28.0. The third-order valence-electron chi connectivity index (χ3n) is 8.98. The van der Waals surface area contributed by atoms with Crippen molar-refractivity contribution in [1.82, 2.24) is 19.9 Å². The average Bonchev–Trinajstić information content (AvgIpc) is 3.18. The van der Waals surface area contributed by atoms with Crippen LogP contribution in [0.2, 0.25) is 0 Å². The molecule has 0 atom stereocenters. The van der Waals surface area contributed by atoms with Crippen LogP contribution < -0.4 is 0 Å². The highest BCUT2D eigenvalue weighted by atomic mass is 15.0. The number of pyridine rings is 1. The van der Waals surface area contributed by atoms with E-state index in [1.807, 2.05) is 56.3 Å². The highest BCUT2D eigenvalue weighted by molar-refractivity contribution is 5.97. The van der Waals surface area contributed by atoms with Gasteiger partial charge in [-0.1, -0.05) is 146 Å². The Labute approximate surface area is 292 Å². The second-order valence-electron chi connectivity index (χ2n) is 12.4. The summed E-state index contributed by atoms with van der Waals surface area (Å²) in [5.41, 5.74) is 14.0. The first-order valence-corrected chi connectivity index (χ1v) is 16.8. The maximum atomic E-state index is 4.98. The maximum Gasteiger partial charge on any atom is 0.165 e. The fourth-order valence-electron chi connectivity index (χ4n) is 6.49. The Morgan fingerprint density at radius 3 is 1.22 bits per heavy atom. The lowest BCUT2D eigenvalue weighted by atomic mass is 9.84. The smallest absolute Gasteiger partial charge is 0.165 e. The first-order valence-electron chi connectivity index (χ1n) is 16.8. The van der Waals surface area contributed by atoms with Gasteiger partial charge in [0, 0.05) is 28.1 Å². The Bertz CT molecular complexity index is 2350. The van der Waals surface area contributed by atoms with Gasteiger partial charge >= 0.3 is 0 Å². The molecule has 0 aliphatic carbocycles. The van der Waals surface area contributed by atoms with Gasteiger partial charge in [0.25, 0.3) is 0 Å². The number of aryl methyl sites for hydroxylation is 2. The summed E-state index contributed by atoms with van der Waals surface area (Å²) in [7, 11) is 0. The average molecular weight is 643 g/mol. The standard InChI is InChI=1S/C46H34N4/c1-31-23-28-40(32(2)47-31)46-49-44(37-21-13-6-14-22-37)48-45(50-46)38-26-24-33(25-27-38)39-29-41(34-15-7-3-8-16-34)43(36-19-11-5-12-20-36)42(30-39)35-17-9-4-10-18-35/h3-30H,1-2H3. The van der Waals surface area contributed by atoms with E-state index in [1.165, 1.54) is 33.4 Å². The number of nitrogens with zero attached hydrogens (tertiary/aromatic N) is 4. The highest BCUT2D eigenvalue weighted by Crippen LogP contribution is 2.43. The first kappa shape index (κ1) is 30.8. The molecule has 0 N–H and O–H groups in total. The molecular formula is C46H34N4. The predicted molar refractivity (Wildman–Crippen MR) is 205 cm³/mol. The third kappa shape index (κ3) is 6.23. The molecule has 8 aromatic rings. The van der Waals surface area contributed by atoms with E-state index in [9.17, 15) is 0 Å². The minimum Gasteiger partial charge on any atom is -0.258 e. The molecule has 0 fully saturated rings. The van der Waals surface area contributed by atoms with E-state index in [-0.39, 0.29) is 0 Å². The Morgan fingerprint density at radius 2 is 0.720 bits per heavy atom. The van der Waals surface area contributed by atoms with Gasteiger partial charge in [-0.05, 0) is 82.6 Å². The van der Waals surface area contributed by atoms with Crippen LogP contribution in [0.4, 0.5) is 0 Å². The van der Waals surface area contributed by atoms with E-state index in [0.29, 0.717) is 17.5 Å². The monoisotopic (exact) mass is 642 g/mol. The lowest BCUT2D eigenvalue weighted by Gasteiger charge is -2.19. The van der Waals surface area contributed by atoms with Crippen LogP contribution in [0.3, 0.4) is 0 Å². The summed E-state index contributed by atoms with van der Waals surface area (Å²) in [6.07, 6.45) is 0. The second kappa shape index (κ2) is 13.5. The molecular weight excluding hydrogens is 609 g/mol. The molecule has 8 rings (SSSR count). The Morgan fingerprint density at radius 1 is 0.300 bits per heavy atom. The van der Waals surface area contributed by atoms with Crippen LogP contribution in [0.1, 0.15) is 11.4 Å². The lowest BCUT2D eigenvalue weighted by Crippen LogP contribution is -2.02. The number of hydrogen-bond acceptors (Lipinski definition) is 4. The van der Waals surface area contributed by atoms with Gasteiger partial charge in [0.15, 0.2) is 17.5 Å². The van der Waals surface area contributed by atoms with Crippen molar-refractivity contribution in [3.8, 4) is 78.7 Å². The van der Waals surface area contributed by atoms with Gasteiger partial charge in [0.05, 0.1) is 0 Å². The third-order valence-corrected chi connectivity index (χ3v) is 8.98. The molecule has 4 nitrogen and oxygen atoms in total. The van der Waals surface area contributed by atoms with Crippen molar-refractivity contribution >= 4 is 0 Å². The SMILES string of the molecule is Cc1ccc(-c2nc(-c3ccccc3)nc(-c3ccc(-c4cc(-c5ccccc5)c(-c5ccccc5)c(-c5ccccc5)c4)cc3)n2)c(C)n1. The quantitative estimate of drug-likeness (QED) is 0.174. The molecule has 2 aromatic heterocycles. The molecule has 0 spiro atoms. The normalized spacial score (nSPS) is 11.0. The van der Waals surface area contributed by atoms with E-state index in [4.69, 9.17) is 15.0 Å². The van der Waals surface area contributed by atoms with Gasteiger partial charge in [0.2, 0.25) is 0 Å². The molecule has 0 radical (unpaired) electrons. The van der Waals surface area contributed by atoms with Crippen molar-refractivity contribution in [2.24, 2.45) is 0 Å². The van der Waals surface area contributed by atoms with Crippen LogP contribution in [0.15, 0.2) is 170 Å². The van der Waals surface area contributed by atoms with E-state index >= 15 is 0 Å². The van der Waals surface area contributed by atoms with Gasteiger partial charge < -0.3 is 0 Å². The molecule has 0 bridgehead atoms. The summed E-state index contributed by atoms with van der Waals surface area (Å²) in [4.78, 5) is 19.5. The molecule has 0 aliphatic rings. The zero-order valence-corrected chi connectivity index (χ0v) is 28.0. The molecule has 0 amide bonds. The maximum absolute atomic E-state index is 4.98. The fourth-order valence-corrected chi connectivity index (χ4v) is 6.49. The molecule has 2 heterocycles. The summed E-state index contributed by atoms with van der Waals surface area (Å²) in [5, 5.41) is 0. The summed E-state index contributed by atoms with van der Waals surface area (Å²) < 4.78 is 0. The number of hydrogen-bond donors (Lipinski definition) is 0. The van der Waals surface area contributed by atoms with Gasteiger partial charge in [-0.3, -0.25) is 4.98 Å². The van der Waals surface area contributed by atoms with Gasteiger partial charge in [-0.2, -0.15) is 0 Å².